The van der Waals surface area contributed by atoms with Gasteiger partial charge in [-0.1, -0.05) is 25.1 Å². The molecule has 166 valence electrons. The van der Waals surface area contributed by atoms with Gasteiger partial charge in [0.25, 0.3) is 0 Å². The van der Waals surface area contributed by atoms with Crippen molar-refractivity contribution in [2.45, 2.75) is 20.8 Å². The van der Waals surface area contributed by atoms with Gasteiger partial charge in [-0.15, -0.1) is 10.2 Å². The van der Waals surface area contributed by atoms with E-state index in [1.54, 1.807) is 0 Å². The molecular weight excluding hydrogens is 388 g/mol. The van der Waals surface area contributed by atoms with Crippen molar-refractivity contribution < 1.29 is 4.79 Å². The Morgan fingerprint density at radius 2 is 1.48 bits per heavy atom. The van der Waals surface area contributed by atoms with Gasteiger partial charge in [0.2, 0.25) is 5.91 Å². The van der Waals surface area contributed by atoms with Crippen LogP contribution in [0.5, 0.6) is 0 Å². The van der Waals surface area contributed by atoms with Crippen LogP contribution in [-0.4, -0.2) is 96.3 Å². The molecule has 2 fully saturated rings. The Morgan fingerprint density at radius 1 is 0.839 bits per heavy atom. The van der Waals surface area contributed by atoms with Crippen LogP contribution in [0.2, 0.25) is 0 Å². The fourth-order valence-corrected chi connectivity index (χ4v) is 4.59. The molecule has 7 heteroatoms. The molecule has 0 N–H and O–H groups in total. The van der Waals surface area contributed by atoms with Crippen molar-refractivity contribution in [1.82, 2.24) is 24.9 Å². The van der Waals surface area contributed by atoms with Crippen LogP contribution in [0.15, 0.2) is 30.3 Å². The Morgan fingerprint density at radius 3 is 2.06 bits per heavy atom. The summed E-state index contributed by atoms with van der Waals surface area (Å²) in [7, 11) is 0. The number of hydrogen-bond donors (Lipinski definition) is 0. The minimum Gasteiger partial charge on any atom is -0.353 e. The summed E-state index contributed by atoms with van der Waals surface area (Å²) in [5.41, 5.74) is 4.53. The average Bonchev–Trinajstić information content (AvgIpc) is 2.80. The van der Waals surface area contributed by atoms with Gasteiger partial charge >= 0.3 is 0 Å². The average molecular weight is 423 g/mol. The van der Waals surface area contributed by atoms with Gasteiger partial charge in [-0.05, 0) is 43.7 Å². The third-order valence-corrected chi connectivity index (χ3v) is 6.62. The maximum Gasteiger partial charge on any atom is 0.236 e. The lowest BCUT2D eigenvalue weighted by molar-refractivity contribution is -0.134. The molecule has 2 aliphatic heterocycles. The number of carbonyl (C=O) groups excluding carboxylic acids is 1. The summed E-state index contributed by atoms with van der Waals surface area (Å²) in [6.45, 7) is 15.2. The molecule has 2 aliphatic rings. The summed E-state index contributed by atoms with van der Waals surface area (Å²) < 4.78 is 0. The summed E-state index contributed by atoms with van der Waals surface area (Å²) in [5.74, 6) is 1.18. The first-order chi connectivity index (χ1) is 15.0. The van der Waals surface area contributed by atoms with E-state index in [-0.39, 0.29) is 5.91 Å². The van der Waals surface area contributed by atoms with Crippen LogP contribution in [0.25, 0.3) is 11.3 Å². The van der Waals surface area contributed by atoms with Crippen LogP contribution < -0.4 is 4.90 Å². The fraction of sp³-hybridized carbons (Fsp3) is 0.542. The highest BCUT2D eigenvalue weighted by Crippen LogP contribution is 2.26. The molecule has 7 nitrogen and oxygen atoms in total. The molecular formula is C24H34N6O. The number of amides is 1. The normalized spacial score (nSPS) is 18.4. The highest BCUT2D eigenvalue weighted by atomic mass is 16.2. The first-order valence-electron chi connectivity index (χ1n) is 11.4. The third kappa shape index (κ3) is 5.05. The third-order valence-electron chi connectivity index (χ3n) is 6.62. The Hall–Kier alpha value is -2.51. The van der Waals surface area contributed by atoms with Crippen LogP contribution in [0.1, 0.15) is 18.1 Å². The lowest BCUT2D eigenvalue weighted by atomic mass is 10.00. The van der Waals surface area contributed by atoms with E-state index in [0.717, 1.165) is 70.4 Å². The van der Waals surface area contributed by atoms with Gasteiger partial charge < -0.3 is 14.7 Å². The highest BCUT2D eigenvalue weighted by molar-refractivity contribution is 5.78. The van der Waals surface area contributed by atoms with Crippen molar-refractivity contribution in [3.63, 3.8) is 0 Å². The first kappa shape index (κ1) is 21.7. The number of hydrogen-bond acceptors (Lipinski definition) is 6. The molecule has 2 aromatic rings. The van der Waals surface area contributed by atoms with Gasteiger partial charge in [-0.3, -0.25) is 9.69 Å². The molecule has 0 atom stereocenters. The number of aromatic nitrogens is 2. The number of anilines is 1. The number of piperazine rings is 2. The maximum absolute atomic E-state index is 12.7. The summed E-state index contributed by atoms with van der Waals surface area (Å²) in [6, 6.07) is 10.4. The van der Waals surface area contributed by atoms with E-state index in [2.05, 4.69) is 76.0 Å². The van der Waals surface area contributed by atoms with Crippen molar-refractivity contribution in [1.29, 1.82) is 0 Å². The van der Waals surface area contributed by atoms with Gasteiger partial charge in [-0.25, -0.2) is 0 Å². The Labute approximate surface area is 185 Å². The quantitative estimate of drug-likeness (QED) is 0.735. The zero-order chi connectivity index (χ0) is 21.8. The number of aryl methyl sites for hydroxylation is 2. The summed E-state index contributed by atoms with van der Waals surface area (Å²) >= 11 is 0. The minimum atomic E-state index is 0.266. The number of nitrogens with zero attached hydrogens (tertiary/aromatic N) is 6. The zero-order valence-electron chi connectivity index (χ0n) is 19.0. The van der Waals surface area contributed by atoms with Crippen molar-refractivity contribution >= 4 is 11.7 Å². The SMILES string of the molecule is CCN1CCN(C(=O)CN2CCN(c3ccc(-c4c(C)cccc4C)nn3)CC2)CC1. The number of benzene rings is 1. The van der Waals surface area contributed by atoms with Crippen LogP contribution >= 0.6 is 0 Å². The van der Waals surface area contributed by atoms with Gasteiger partial charge in [0, 0.05) is 57.9 Å². The molecule has 31 heavy (non-hydrogen) atoms. The second-order valence-corrected chi connectivity index (χ2v) is 8.62. The highest BCUT2D eigenvalue weighted by Gasteiger charge is 2.25. The number of carbonyl (C=O) groups is 1. The van der Waals surface area contributed by atoms with E-state index in [0.29, 0.717) is 6.54 Å². The Kier molecular flexibility index (Phi) is 6.83. The standard InChI is InChI=1S/C24H34N6O/c1-4-27-10-16-30(17-11-27)23(31)18-28-12-14-29(15-13-28)22-9-8-21(25-26-22)24-19(2)6-5-7-20(24)3/h5-9H,4,10-18H2,1-3H3. The number of rotatable bonds is 5. The Bertz CT molecular complexity index is 863. The smallest absolute Gasteiger partial charge is 0.236 e. The topological polar surface area (TPSA) is 55.8 Å². The first-order valence-corrected chi connectivity index (χ1v) is 11.4. The lowest BCUT2D eigenvalue weighted by Crippen LogP contribution is -2.53. The van der Waals surface area contributed by atoms with E-state index in [1.807, 2.05) is 4.90 Å². The monoisotopic (exact) mass is 422 g/mol. The van der Waals surface area contributed by atoms with Crippen molar-refractivity contribution in [3.8, 4) is 11.3 Å². The maximum atomic E-state index is 12.7. The second kappa shape index (κ2) is 9.75. The molecule has 0 bridgehead atoms. The largest absolute Gasteiger partial charge is 0.353 e. The molecule has 0 radical (unpaired) electrons. The molecule has 0 saturated carbocycles. The van der Waals surface area contributed by atoms with E-state index in [1.165, 1.54) is 16.7 Å². The molecule has 1 aromatic heterocycles. The predicted octanol–water partition coefficient (Wildman–Crippen LogP) is 2.05. The van der Waals surface area contributed by atoms with Crippen LogP contribution in [0, 0.1) is 13.8 Å². The number of likely N-dealkylation sites (N-methyl/N-ethyl adjacent to an activating group) is 1. The van der Waals surface area contributed by atoms with Gasteiger partial charge in [0.1, 0.15) is 0 Å². The molecule has 3 heterocycles. The van der Waals surface area contributed by atoms with E-state index in [9.17, 15) is 4.79 Å². The van der Waals surface area contributed by atoms with Gasteiger partial charge in [-0.2, -0.15) is 0 Å². The van der Waals surface area contributed by atoms with Crippen LogP contribution in [0.4, 0.5) is 5.82 Å². The molecule has 0 spiro atoms. The predicted molar refractivity (Wildman–Crippen MR) is 124 cm³/mol. The second-order valence-electron chi connectivity index (χ2n) is 8.62. The zero-order valence-corrected chi connectivity index (χ0v) is 19.0. The van der Waals surface area contributed by atoms with Gasteiger partial charge in [0.05, 0.1) is 12.2 Å². The molecule has 0 aliphatic carbocycles. The minimum absolute atomic E-state index is 0.266. The van der Waals surface area contributed by atoms with Crippen LogP contribution in [-0.2, 0) is 4.79 Å². The lowest BCUT2D eigenvalue weighted by Gasteiger charge is -2.38. The molecule has 4 rings (SSSR count). The van der Waals surface area contributed by atoms with Crippen molar-refractivity contribution in [2.24, 2.45) is 0 Å². The van der Waals surface area contributed by atoms with E-state index >= 15 is 0 Å². The van der Waals surface area contributed by atoms with Gasteiger partial charge in [0.15, 0.2) is 5.82 Å². The van der Waals surface area contributed by atoms with Crippen LogP contribution in [0.3, 0.4) is 0 Å². The summed E-state index contributed by atoms with van der Waals surface area (Å²) in [6.07, 6.45) is 0. The van der Waals surface area contributed by atoms with E-state index in [4.69, 9.17) is 0 Å². The fourth-order valence-electron chi connectivity index (χ4n) is 4.59. The molecule has 2 saturated heterocycles. The molecule has 1 aromatic carbocycles. The molecule has 0 unspecified atom stereocenters. The summed E-state index contributed by atoms with van der Waals surface area (Å²) in [5, 5.41) is 9.03. The van der Waals surface area contributed by atoms with Crippen molar-refractivity contribution in [2.75, 3.05) is 70.3 Å². The summed E-state index contributed by atoms with van der Waals surface area (Å²) in [4.78, 5) is 21.6. The Balaban J connectivity index is 1.29. The van der Waals surface area contributed by atoms with Crippen molar-refractivity contribution in [3.05, 3.63) is 41.5 Å². The van der Waals surface area contributed by atoms with E-state index < -0.39 is 0 Å². The molecule has 1 amide bonds.